The predicted octanol–water partition coefficient (Wildman–Crippen LogP) is 4.14. The minimum Gasteiger partial charge on any atom is -0.392 e. The van der Waals surface area contributed by atoms with E-state index in [1.165, 1.54) is 22.3 Å². The summed E-state index contributed by atoms with van der Waals surface area (Å²) in [6, 6.07) is 8.09. The van der Waals surface area contributed by atoms with Gasteiger partial charge in [-0.25, -0.2) is 0 Å². The summed E-state index contributed by atoms with van der Waals surface area (Å²) in [5, 5.41) is 9.29. The van der Waals surface area contributed by atoms with Crippen LogP contribution in [0.1, 0.15) is 31.4 Å². The molecule has 18 heavy (non-hydrogen) atoms. The first-order valence-corrected chi connectivity index (χ1v) is 5.30. The standard InChI is InChI=1S/C14H16O.2ClH.Ti/c1-10-7-8-13(11(10)2)14-6-4-3-5-12(14)9-15;;;/h3-7,15H,8-9H2,1-2H3;2*1H;. The molecule has 0 unspecified atom stereocenters. The molecule has 0 atom stereocenters. The van der Waals surface area contributed by atoms with Crippen molar-refractivity contribution in [2.24, 2.45) is 0 Å². The van der Waals surface area contributed by atoms with E-state index < -0.39 is 0 Å². The average Bonchev–Trinajstić information content (AvgIpc) is 2.60. The average molecular weight is 321 g/mol. The fourth-order valence-corrected chi connectivity index (χ4v) is 2.06. The molecule has 0 saturated carbocycles. The number of benzene rings is 1. The molecule has 0 fully saturated rings. The summed E-state index contributed by atoms with van der Waals surface area (Å²) in [6.07, 6.45) is 3.24. The first-order valence-electron chi connectivity index (χ1n) is 5.30. The zero-order valence-electron chi connectivity index (χ0n) is 10.6. The summed E-state index contributed by atoms with van der Waals surface area (Å²) >= 11 is 0. The van der Waals surface area contributed by atoms with Crippen LogP contribution in [0, 0.1) is 0 Å². The number of allylic oxidation sites excluding steroid dienone is 4. The van der Waals surface area contributed by atoms with Crippen molar-refractivity contribution in [3.63, 3.8) is 0 Å². The van der Waals surface area contributed by atoms with Gasteiger partial charge in [0, 0.05) is 21.7 Å². The molecule has 4 heteroatoms. The van der Waals surface area contributed by atoms with E-state index in [1.807, 2.05) is 18.2 Å². The molecule has 1 aliphatic carbocycles. The molecule has 0 radical (unpaired) electrons. The molecule has 0 saturated heterocycles. The third kappa shape index (κ3) is 3.98. The SMILES string of the molecule is CC1=CCC(c2ccccc2CO)=C1C.Cl.Cl.[Ti]. The van der Waals surface area contributed by atoms with Crippen molar-refractivity contribution in [1.82, 2.24) is 0 Å². The molecule has 0 spiro atoms. The summed E-state index contributed by atoms with van der Waals surface area (Å²) in [5.41, 5.74) is 6.30. The third-order valence-electron chi connectivity index (χ3n) is 3.17. The van der Waals surface area contributed by atoms with Crippen LogP contribution >= 0.6 is 24.8 Å². The van der Waals surface area contributed by atoms with E-state index in [4.69, 9.17) is 0 Å². The zero-order chi connectivity index (χ0) is 10.8. The molecule has 1 nitrogen and oxygen atoms in total. The van der Waals surface area contributed by atoms with Crippen LogP contribution in [0.15, 0.2) is 41.5 Å². The molecule has 1 aromatic carbocycles. The van der Waals surface area contributed by atoms with Gasteiger partial charge in [0.1, 0.15) is 0 Å². The van der Waals surface area contributed by atoms with Gasteiger partial charge in [0.05, 0.1) is 6.61 Å². The van der Waals surface area contributed by atoms with Gasteiger partial charge in [-0.1, -0.05) is 35.9 Å². The van der Waals surface area contributed by atoms with Crippen molar-refractivity contribution in [3.05, 3.63) is 52.6 Å². The number of aliphatic hydroxyl groups is 1. The molecule has 0 bridgehead atoms. The first-order chi connectivity index (χ1) is 7.24. The minimum absolute atomic E-state index is 0. The summed E-state index contributed by atoms with van der Waals surface area (Å²) in [7, 11) is 0. The molecular formula is C14H18Cl2OTi. The Morgan fingerprint density at radius 1 is 1.11 bits per heavy atom. The smallest absolute Gasteiger partial charge is 0.0687 e. The van der Waals surface area contributed by atoms with Gasteiger partial charge in [-0.05, 0) is 42.5 Å². The Morgan fingerprint density at radius 2 is 1.72 bits per heavy atom. The van der Waals surface area contributed by atoms with E-state index in [1.54, 1.807) is 0 Å². The van der Waals surface area contributed by atoms with Gasteiger partial charge < -0.3 is 5.11 Å². The van der Waals surface area contributed by atoms with Crippen molar-refractivity contribution in [2.45, 2.75) is 26.9 Å². The normalized spacial score (nSPS) is 13.2. The maximum absolute atomic E-state index is 9.29. The quantitative estimate of drug-likeness (QED) is 0.812. The number of hydrogen-bond acceptors (Lipinski definition) is 1. The van der Waals surface area contributed by atoms with E-state index in [0.29, 0.717) is 0 Å². The van der Waals surface area contributed by atoms with Crippen LogP contribution in [-0.4, -0.2) is 5.11 Å². The maximum Gasteiger partial charge on any atom is 0.0687 e. The molecule has 2 rings (SSSR count). The van der Waals surface area contributed by atoms with Crippen LogP contribution in [0.25, 0.3) is 5.57 Å². The summed E-state index contributed by atoms with van der Waals surface area (Å²) < 4.78 is 0. The van der Waals surface area contributed by atoms with Crippen molar-refractivity contribution < 1.29 is 26.8 Å². The number of rotatable bonds is 2. The van der Waals surface area contributed by atoms with Crippen molar-refractivity contribution >= 4 is 30.4 Å². The maximum atomic E-state index is 9.29. The fraction of sp³-hybridized carbons (Fsp3) is 0.286. The molecule has 0 amide bonds. The Bertz CT molecular complexity index is 453. The monoisotopic (exact) mass is 320 g/mol. The Hall–Kier alpha value is -0.0457. The second-order valence-corrected chi connectivity index (χ2v) is 4.01. The number of aliphatic hydroxyl groups excluding tert-OH is 1. The van der Waals surface area contributed by atoms with E-state index in [0.717, 1.165) is 12.0 Å². The third-order valence-corrected chi connectivity index (χ3v) is 3.17. The second-order valence-electron chi connectivity index (χ2n) is 4.01. The van der Waals surface area contributed by atoms with Crippen LogP contribution in [0.5, 0.6) is 0 Å². The van der Waals surface area contributed by atoms with Gasteiger partial charge in [-0.2, -0.15) is 0 Å². The fourth-order valence-electron chi connectivity index (χ4n) is 2.06. The Labute approximate surface area is 136 Å². The van der Waals surface area contributed by atoms with Crippen molar-refractivity contribution in [2.75, 3.05) is 0 Å². The van der Waals surface area contributed by atoms with Crippen LogP contribution in [0.3, 0.4) is 0 Å². The van der Waals surface area contributed by atoms with Gasteiger partial charge in [0.15, 0.2) is 0 Å². The van der Waals surface area contributed by atoms with E-state index >= 15 is 0 Å². The van der Waals surface area contributed by atoms with Gasteiger partial charge in [-0.3, -0.25) is 0 Å². The van der Waals surface area contributed by atoms with Crippen molar-refractivity contribution in [1.29, 1.82) is 0 Å². The Morgan fingerprint density at radius 3 is 2.22 bits per heavy atom. The van der Waals surface area contributed by atoms with E-state index in [-0.39, 0.29) is 53.1 Å². The van der Waals surface area contributed by atoms with Gasteiger partial charge in [0.25, 0.3) is 0 Å². The molecule has 0 aromatic heterocycles. The summed E-state index contributed by atoms with van der Waals surface area (Å²) in [5.74, 6) is 0. The minimum atomic E-state index is 0. The van der Waals surface area contributed by atoms with Gasteiger partial charge >= 0.3 is 0 Å². The molecular weight excluding hydrogens is 303 g/mol. The Kier molecular flexibility index (Phi) is 10.1. The van der Waals surface area contributed by atoms with E-state index in [2.05, 4.69) is 26.0 Å². The summed E-state index contributed by atoms with van der Waals surface area (Å²) in [6.45, 7) is 4.41. The van der Waals surface area contributed by atoms with Crippen LogP contribution in [0.4, 0.5) is 0 Å². The summed E-state index contributed by atoms with van der Waals surface area (Å²) in [4.78, 5) is 0. The van der Waals surface area contributed by atoms with Gasteiger partial charge in [0.2, 0.25) is 0 Å². The predicted molar refractivity (Wildman–Crippen MR) is 77.8 cm³/mol. The number of halogens is 2. The van der Waals surface area contributed by atoms with Gasteiger partial charge in [-0.15, -0.1) is 24.8 Å². The largest absolute Gasteiger partial charge is 0.392 e. The van der Waals surface area contributed by atoms with Crippen LogP contribution in [0.2, 0.25) is 0 Å². The Balaban J connectivity index is 0. The zero-order valence-corrected chi connectivity index (χ0v) is 13.8. The first kappa shape index (κ1) is 20.3. The molecule has 0 aliphatic heterocycles. The van der Waals surface area contributed by atoms with Crippen molar-refractivity contribution in [3.8, 4) is 0 Å². The molecule has 98 valence electrons. The van der Waals surface area contributed by atoms with Crippen LogP contribution < -0.4 is 0 Å². The van der Waals surface area contributed by atoms with Crippen LogP contribution in [-0.2, 0) is 28.3 Å². The second kappa shape index (κ2) is 8.95. The molecule has 0 heterocycles. The van der Waals surface area contributed by atoms with E-state index in [9.17, 15) is 5.11 Å². The number of hydrogen-bond donors (Lipinski definition) is 1. The molecule has 1 N–H and O–H groups in total. The topological polar surface area (TPSA) is 20.2 Å². The molecule has 1 aliphatic rings. The molecule has 1 aromatic rings.